The van der Waals surface area contributed by atoms with Crippen LogP contribution in [-0.2, 0) is 11.3 Å². The molecule has 0 aliphatic carbocycles. The van der Waals surface area contributed by atoms with Gasteiger partial charge in [0.25, 0.3) is 0 Å². The molecule has 108 valence electrons. The third-order valence-electron chi connectivity index (χ3n) is 3.38. The van der Waals surface area contributed by atoms with Crippen LogP contribution in [0, 0.1) is 5.92 Å². The summed E-state index contributed by atoms with van der Waals surface area (Å²) in [6.07, 6.45) is -3.15. The molecule has 1 unspecified atom stereocenters. The maximum absolute atomic E-state index is 13.1. The summed E-state index contributed by atoms with van der Waals surface area (Å²) < 4.78 is 35.1. The van der Waals surface area contributed by atoms with E-state index >= 15 is 0 Å². The first-order chi connectivity index (χ1) is 9.48. The fraction of sp³-hybridized carbons (Fsp3) is 0.462. The molecule has 1 atom stereocenters. The minimum atomic E-state index is -3.63. The van der Waals surface area contributed by atoms with Gasteiger partial charge in [0.1, 0.15) is 0 Å². The minimum absolute atomic E-state index is 0.0104. The van der Waals surface area contributed by atoms with Gasteiger partial charge in [-0.1, -0.05) is 28.1 Å². The number of amides is 1. The molecule has 2 aliphatic rings. The van der Waals surface area contributed by atoms with Gasteiger partial charge in [0.05, 0.1) is 0 Å². The zero-order valence-electron chi connectivity index (χ0n) is 10.4. The lowest BCUT2D eigenvalue weighted by Gasteiger charge is -2.17. The Morgan fingerprint density at radius 2 is 2.20 bits per heavy atom. The molecule has 0 aromatic heterocycles. The Labute approximate surface area is 122 Å². The Kier molecular flexibility index (Phi) is 3.32. The van der Waals surface area contributed by atoms with Crippen molar-refractivity contribution >= 4 is 21.8 Å². The number of likely N-dealkylation sites (tertiary alicyclic amines) is 1. The van der Waals surface area contributed by atoms with Crippen molar-refractivity contribution in [3.63, 3.8) is 0 Å². The predicted molar refractivity (Wildman–Crippen MR) is 70.0 cm³/mol. The van der Waals surface area contributed by atoms with Gasteiger partial charge < -0.3 is 14.4 Å². The topological polar surface area (TPSA) is 38.8 Å². The molecule has 2 aliphatic heterocycles. The molecular weight excluding hydrogens is 336 g/mol. The largest absolute Gasteiger partial charge is 0.586 e. The lowest BCUT2D eigenvalue weighted by atomic mass is 10.1. The highest BCUT2D eigenvalue weighted by atomic mass is 79.9. The van der Waals surface area contributed by atoms with E-state index in [1.54, 1.807) is 17.0 Å². The molecule has 0 radical (unpaired) electrons. The first-order valence-electron chi connectivity index (χ1n) is 6.20. The van der Waals surface area contributed by atoms with Crippen LogP contribution in [0.2, 0.25) is 0 Å². The molecule has 0 saturated carbocycles. The average molecular weight is 348 g/mol. The minimum Gasteiger partial charge on any atom is -0.395 e. The van der Waals surface area contributed by atoms with E-state index in [4.69, 9.17) is 0 Å². The number of halogens is 3. The second kappa shape index (κ2) is 4.87. The number of nitrogens with zero attached hydrogens (tertiary/aromatic N) is 1. The normalized spacial score (nSPS) is 23.4. The summed E-state index contributed by atoms with van der Waals surface area (Å²) in [6, 6.07) is 4.70. The first kappa shape index (κ1) is 13.6. The highest BCUT2D eigenvalue weighted by Gasteiger charge is 2.44. The third kappa shape index (κ3) is 2.46. The monoisotopic (exact) mass is 347 g/mol. The van der Waals surface area contributed by atoms with E-state index in [2.05, 4.69) is 25.4 Å². The van der Waals surface area contributed by atoms with Crippen molar-refractivity contribution in [1.29, 1.82) is 0 Å². The fourth-order valence-corrected chi connectivity index (χ4v) is 2.90. The second-order valence-corrected chi connectivity index (χ2v) is 5.56. The molecule has 1 fully saturated rings. The van der Waals surface area contributed by atoms with Gasteiger partial charge in [-0.3, -0.25) is 4.79 Å². The van der Waals surface area contributed by atoms with Crippen molar-refractivity contribution in [2.75, 3.05) is 11.9 Å². The highest BCUT2D eigenvalue weighted by Crippen LogP contribution is 2.43. The molecular formula is C13H12BrF2NO3. The summed E-state index contributed by atoms with van der Waals surface area (Å²) in [6.45, 7) is 0.871. The summed E-state index contributed by atoms with van der Waals surface area (Å²) in [5, 5.41) is 0.750. The van der Waals surface area contributed by atoms with Gasteiger partial charge >= 0.3 is 6.29 Å². The van der Waals surface area contributed by atoms with Gasteiger partial charge in [-0.2, -0.15) is 0 Å². The lowest BCUT2D eigenvalue weighted by Crippen LogP contribution is -2.27. The summed E-state index contributed by atoms with van der Waals surface area (Å²) in [5.74, 6) is 0.319. The Morgan fingerprint density at radius 1 is 1.40 bits per heavy atom. The van der Waals surface area contributed by atoms with Gasteiger partial charge in [-0.15, -0.1) is 8.78 Å². The number of ether oxygens (including phenoxy) is 2. The van der Waals surface area contributed by atoms with E-state index < -0.39 is 6.29 Å². The van der Waals surface area contributed by atoms with Crippen LogP contribution in [0.5, 0.6) is 11.5 Å². The van der Waals surface area contributed by atoms with Crippen molar-refractivity contribution in [2.24, 2.45) is 5.92 Å². The molecule has 20 heavy (non-hydrogen) atoms. The second-order valence-electron chi connectivity index (χ2n) is 4.91. The summed E-state index contributed by atoms with van der Waals surface area (Å²) in [7, 11) is 0. The number of benzene rings is 1. The number of alkyl halides is 3. The molecule has 1 aromatic carbocycles. The molecule has 1 saturated heterocycles. The van der Waals surface area contributed by atoms with Crippen LogP contribution >= 0.6 is 15.9 Å². The van der Waals surface area contributed by atoms with Crippen molar-refractivity contribution in [3.05, 3.63) is 23.8 Å². The van der Waals surface area contributed by atoms with E-state index in [-0.39, 0.29) is 29.9 Å². The maximum Gasteiger partial charge on any atom is 0.586 e. The van der Waals surface area contributed by atoms with Crippen LogP contribution in [0.3, 0.4) is 0 Å². The molecule has 1 aromatic rings. The van der Waals surface area contributed by atoms with Crippen molar-refractivity contribution in [2.45, 2.75) is 19.3 Å². The number of carbonyl (C=O) groups excluding carboxylic acids is 1. The SMILES string of the molecule is O=C1CC(CBr)CN1Cc1cccc2c1OC(F)(F)O2. The maximum atomic E-state index is 13.1. The number of hydrogen-bond donors (Lipinski definition) is 0. The van der Waals surface area contributed by atoms with E-state index in [0.29, 0.717) is 18.5 Å². The molecule has 0 N–H and O–H groups in total. The van der Waals surface area contributed by atoms with Gasteiger partial charge in [-0.05, 0) is 12.0 Å². The van der Waals surface area contributed by atoms with E-state index in [9.17, 15) is 13.6 Å². The van der Waals surface area contributed by atoms with Gasteiger partial charge in [0.15, 0.2) is 11.5 Å². The Morgan fingerprint density at radius 3 is 2.90 bits per heavy atom. The molecule has 0 bridgehead atoms. The Balaban J connectivity index is 1.80. The van der Waals surface area contributed by atoms with Gasteiger partial charge in [-0.25, -0.2) is 0 Å². The van der Waals surface area contributed by atoms with E-state index in [1.165, 1.54) is 6.07 Å². The van der Waals surface area contributed by atoms with Crippen LogP contribution in [0.4, 0.5) is 8.78 Å². The van der Waals surface area contributed by atoms with Crippen LogP contribution in [0.25, 0.3) is 0 Å². The third-order valence-corrected chi connectivity index (χ3v) is 4.30. The number of carbonyl (C=O) groups is 1. The first-order valence-corrected chi connectivity index (χ1v) is 7.32. The fourth-order valence-electron chi connectivity index (χ4n) is 2.47. The summed E-state index contributed by atoms with van der Waals surface area (Å²) in [5.41, 5.74) is 0.531. The average Bonchev–Trinajstić information content (AvgIpc) is 2.89. The van der Waals surface area contributed by atoms with E-state index in [0.717, 1.165) is 5.33 Å². The Bertz CT molecular complexity index is 552. The summed E-state index contributed by atoms with van der Waals surface area (Å²) >= 11 is 3.36. The smallest absolute Gasteiger partial charge is 0.395 e. The molecule has 7 heteroatoms. The molecule has 2 heterocycles. The highest BCUT2D eigenvalue weighted by molar-refractivity contribution is 9.09. The van der Waals surface area contributed by atoms with Crippen molar-refractivity contribution in [3.8, 4) is 11.5 Å². The number of rotatable bonds is 3. The quantitative estimate of drug-likeness (QED) is 0.789. The number of fused-ring (bicyclic) bond motifs is 1. The number of hydrogen-bond acceptors (Lipinski definition) is 3. The molecule has 0 spiro atoms. The predicted octanol–water partition coefficient (Wildman–Crippen LogP) is 2.75. The molecule has 1 amide bonds. The number of para-hydroxylation sites is 1. The van der Waals surface area contributed by atoms with Crippen molar-refractivity contribution < 1.29 is 23.0 Å². The van der Waals surface area contributed by atoms with Gasteiger partial charge in [0.2, 0.25) is 5.91 Å². The zero-order chi connectivity index (χ0) is 14.3. The van der Waals surface area contributed by atoms with Crippen LogP contribution in [-0.4, -0.2) is 29.0 Å². The zero-order valence-corrected chi connectivity index (χ0v) is 12.0. The molecule has 3 rings (SSSR count). The summed E-state index contributed by atoms with van der Waals surface area (Å²) in [4.78, 5) is 13.5. The lowest BCUT2D eigenvalue weighted by molar-refractivity contribution is -0.287. The van der Waals surface area contributed by atoms with Crippen LogP contribution < -0.4 is 9.47 Å². The van der Waals surface area contributed by atoms with Crippen LogP contribution in [0.1, 0.15) is 12.0 Å². The Hall–Kier alpha value is -1.37. The van der Waals surface area contributed by atoms with Gasteiger partial charge in [0, 0.05) is 30.4 Å². The molecule has 4 nitrogen and oxygen atoms in total. The van der Waals surface area contributed by atoms with Crippen LogP contribution in [0.15, 0.2) is 18.2 Å². The standard InChI is InChI=1S/C13H12BrF2NO3/c14-5-8-4-11(18)17(6-8)7-9-2-1-3-10-12(9)20-13(15,16)19-10/h1-3,8H,4-7H2. The van der Waals surface area contributed by atoms with E-state index in [1.807, 2.05) is 0 Å². The van der Waals surface area contributed by atoms with Crippen molar-refractivity contribution in [1.82, 2.24) is 4.90 Å².